The van der Waals surface area contributed by atoms with Gasteiger partial charge in [-0.2, -0.15) is 11.8 Å². The Labute approximate surface area is 88.4 Å². The highest BCUT2D eigenvalue weighted by Crippen LogP contribution is 2.07. The minimum atomic E-state index is -0.0538. The molecule has 0 saturated heterocycles. The molecule has 0 unspecified atom stereocenters. The average molecular weight is 213 g/mol. The summed E-state index contributed by atoms with van der Waals surface area (Å²) in [5.74, 6) is 1.91. The van der Waals surface area contributed by atoms with Gasteiger partial charge in [0.05, 0.1) is 24.7 Å². The Morgan fingerprint density at radius 1 is 1.43 bits per heavy atom. The van der Waals surface area contributed by atoms with Gasteiger partial charge in [-0.25, -0.2) is 4.98 Å². The fraction of sp³-hybridized carbons (Fsp3) is 0.556. The zero-order valence-corrected chi connectivity index (χ0v) is 9.29. The van der Waals surface area contributed by atoms with E-state index < -0.39 is 0 Å². The topological polar surface area (TPSA) is 49.2 Å². The number of aliphatic hydroxyl groups is 1. The SMILES string of the molecule is CSCCN(C)c1cnc(CO)cn1. The van der Waals surface area contributed by atoms with Crippen LogP contribution in [-0.4, -0.2) is 40.7 Å². The highest BCUT2D eigenvalue weighted by molar-refractivity contribution is 7.98. The number of nitrogens with zero attached hydrogens (tertiary/aromatic N) is 3. The van der Waals surface area contributed by atoms with E-state index in [-0.39, 0.29) is 6.61 Å². The molecule has 5 heteroatoms. The van der Waals surface area contributed by atoms with Crippen molar-refractivity contribution in [3.8, 4) is 0 Å². The lowest BCUT2D eigenvalue weighted by molar-refractivity contribution is 0.276. The summed E-state index contributed by atoms with van der Waals surface area (Å²) in [6.45, 7) is 0.899. The summed E-state index contributed by atoms with van der Waals surface area (Å²) in [6.07, 6.45) is 5.37. The van der Waals surface area contributed by atoms with Crippen molar-refractivity contribution in [3.63, 3.8) is 0 Å². The van der Waals surface area contributed by atoms with Crippen molar-refractivity contribution in [2.45, 2.75) is 6.61 Å². The van der Waals surface area contributed by atoms with E-state index in [1.165, 1.54) is 0 Å². The molecule has 1 aromatic heterocycles. The first-order chi connectivity index (χ1) is 6.77. The molecule has 4 nitrogen and oxygen atoms in total. The standard InChI is InChI=1S/C9H15N3OS/c1-12(3-4-14-2)9-6-10-8(7-13)5-11-9/h5-6,13H,3-4,7H2,1-2H3. The van der Waals surface area contributed by atoms with Crippen LogP contribution in [0.25, 0.3) is 0 Å². The Kier molecular flexibility index (Phi) is 4.69. The molecule has 1 rings (SSSR count). The molecule has 0 aromatic carbocycles. The predicted octanol–water partition coefficient (Wildman–Crippen LogP) is 0.768. The molecule has 1 heterocycles. The van der Waals surface area contributed by atoms with Crippen LogP contribution >= 0.6 is 11.8 Å². The van der Waals surface area contributed by atoms with Crippen LogP contribution in [0.2, 0.25) is 0 Å². The van der Waals surface area contributed by atoms with E-state index in [9.17, 15) is 0 Å². The van der Waals surface area contributed by atoms with Crippen LogP contribution in [0, 0.1) is 0 Å². The summed E-state index contributed by atoms with van der Waals surface area (Å²) in [5, 5.41) is 8.79. The van der Waals surface area contributed by atoms with E-state index in [0.29, 0.717) is 5.69 Å². The van der Waals surface area contributed by atoms with Gasteiger partial charge in [-0.05, 0) is 6.26 Å². The van der Waals surface area contributed by atoms with E-state index in [2.05, 4.69) is 16.2 Å². The quantitative estimate of drug-likeness (QED) is 0.783. The second-order valence-corrected chi connectivity index (χ2v) is 3.92. The van der Waals surface area contributed by atoms with Gasteiger partial charge in [0.1, 0.15) is 5.82 Å². The number of anilines is 1. The van der Waals surface area contributed by atoms with Gasteiger partial charge in [-0.3, -0.25) is 4.98 Å². The molecule has 1 N–H and O–H groups in total. The molecule has 0 bridgehead atoms. The summed E-state index contributed by atoms with van der Waals surface area (Å²) >= 11 is 1.80. The summed E-state index contributed by atoms with van der Waals surface area (Å²) in [4.78, 5) is 10.3. The van der Waals surface area contributed by atoms with Gasteiger partial charge in [0.15, 0.2) is 0 Å². The van der Waals surface area contributed by atoms with Gasteiger partial charge < -0.3 is 10.0 Å². The number of rotatable bonds is 5. The van der Waals surface area contributed by atoms with E-state index in [1.54, 1.807) is 24.2 Å². The largest absolute Gasteiger partial charge is 0.390 e. The van der Waals surface area contributed by atoms with Crippen LogP contribution in [0.5, 0.6) is 0 Å². The monoisotopic (exact) mass is 213 g/mol. The Morgan fingerprint density at radius 2 is 2.21 bits per heavy atom. The van der Waals surface area contributed by atoms with Crippen molar-refractivity contribution in [3.05, 3.63) is 18.1 Å². The number of hydrogen-bond donors (Lipinski definition) is 1. The van der Waals surface area contributed by atoms with Crippen LogP contribution in [-0.2, 0) is 6.61 Å². The Morgan fingerprint density at radius 3 is 2.71 bits per heavy atom. The Hall–Kier alpha value is -0.810. The average Bonchev–Trinajstić information content (AvgIpc) is 2.26. The zero-order chi connectivity index (χ0) is 10.4. The van der Waals surface area contributed by atoms with Crippen LogP contribution in [0.1, 0.15) is 5.69 Å². The first-order valence-electron chi connectivity index (χ1n) is 4.39. The molecule has 0 aliphatic rings. The van der Waals surface area contributed by atoms with Gasteiger partial charge in [-0.15, -0.1) is 0 Å². The minimum Gasteiger partial charge on any atom is -0.390 e. The molecule has 14 heavy (non-hydrogen) atoms. The molecule has 0 saturated carbocycles. The number of hydrogen-bond acceptors (Lipinski definition) is 5. The third-order valence-electron chi connectivity index (χ3n) is 1.88. The molecule has 1 aromatic rings. The third kappa shape index (κ3) is 3.16. The van der Waals surface area contributed by atoms with Crippen LogP contribution in [0.3, 0.4) is 0 Å². The van der Waals surface area contributed by atoms with Crippen LogP contribution in [0.4, 0.5) is 5.82 Å². The molecule has 0 spiro atoms. The molecule has 0 atom stereocenters. The van der Waals surface area contributed by atoms with Crippen LogP contribution < -0.4 is 4.90 Å². The summed E-state index contributed by atoms with van der Waals surface area (Å²) in [7, 11) is 1.98. The summed E-state index contributed by atoms with van der Waals surface area (Å²) < 4.78 is 0. The lowest BCUT2D eigenvalue weighted by Gasteiger charge is -2.16. The zero-order valence-electron chi connectivity index (χ0n) is 8.47. The molecule has 0 radical (unpaired) electrons. The molecule has 0 aliphatic carbocycles. The first kappa shape index (κ1) is 11.3. The maximum atomic E-state index is 8.79. The van der Waals surface area contributed by atoms with Crippen molar-refractivity contribution >= 4 is 17.6 Å². The summed E-state index contributed by atoms with van der Waals surface area (Å²) in [5.41, 5.74) is 0.604. The minimum absolute atomic E-state index is 0.0538. The molecular weight excluding hydrogens is 198 g/mol. The molecule has 0 fully saturated rings. The fourth-order valence-electron chi connectivity index (χ4n) is 0.969. The third-order valence-corrected chi connectivity index (χ3v) is 2.47. The molecular formula is C9H15N3OS. The highest BCUT2D eigenvalue weighted by atomic mass is 32.2. The van der Waals surface area contributed by atoms with Gasteiger partial charge >= 0.3 is 0 Å². The van der Waals surface area contributed by atoms with Crippen molar-refractivity contribution < 1.29 is 5.11 Å². The van der Waals surface area contributed by atoms with Gasteiger partial charge in [-0.1, -0.05) is 0 Å². The Balaban J connectivity index is 2.57. The first-order valence-corrected chi connectivity index (χ1v) is 5.79. The van der Waals surface area contributed by atoms with Gasteiger partial charge in [0.25, 0.3) is 0 Å². The number of thioether (sulfide) groups is 1. The van der Waals surface area contributed by atoms with Crippen molar-refractivity contribution in [2.24, 2.45) is 0 Å². The van der Waals surface area contributed by atoms with Crippen molar-refractivity contribution in [1.82, 2.24) is 9.97 Å². The Bertz CT molecular complexity index is 265. The van der Waals surface area contributed by atoms with E-state index in [0.717, 1.165) is 18.1 Å². The fourth-order valence-corrected chi connectivity index (χ4v) is 1.43. The molecule has 0 amide bonds. The smallest absolute Gasteiger partial charge is 0.146 e. The van der Waals surface area contributed by atoms with Crippen molar-refractivity contribution in [2.75, 3.05) is 30.5 Å². The van der Waals surface area contributed by atoms with Crippen LogP contribution in [0.15, 0.2) is 12.4 Å². The maximum absolute atomic E-state index is 8.79. The molecule has 0 aliphatic heterocycles. The van der Waals surface area contributed by atoms with E-state index in [4.69, 9.17) is 5.11 Å². The van der Waals surface area contributed by atoms with E-state index in [1.807, 2.05) is 11.9 Å². The number of aliphatic hydroxyl groups excluding tert-OH is 1. The second kappa shape index (κ2) is 5.82. The number of aromatic nitrogens is 2. The lowest BCUT2D eigenvalue weighted by Crippen LogP contribution is -2.21. The normalized spacial score (nSPS) is 10.2. The predicted molar refractivity (Wildman–Crippen MR) is 59.6 cm³/mol. The summed E-state index contributed by atoms with van der Waals surface area (Å²) in [6, 6.07) is 0. The maximum Gasteiger partial charge on any atom is 0.146 e. The van der Waals surface area contributed by atoms with Gasteiger partial charge in [0.2, 0.25) is 0 Å². The lowest BCUT2D eigenvalue weighted by atomic mass is 10.4. The second-order valence-electron chi connectivity index (χ2n) is 2.94. The van der Waals surface area contributed by atoms with Crippen molar-refractivity contribution in [1.29, 1.82) is 0 Å². The highest BCUT2D eigenvalue weighted by Gasteiger charge is 2.01. The van der Waals surface area contributed by atoms with E-state index >= 15 is 0 Å². The van der Waals surface area contributed by atoms with Gasteiger partial charge in [0, 0.05) is 19.3 Å². The molecule has 78 valence electrons.